The topological polar surface area (TPSA) is 29.9 Å². The van der Waals surface area contributed by atoms with E-state index in [9.17, 15) is 0 Å². The first kappa shape index (κ1) is 23.0. The Morgan fingerprint density at radius 1 is 0.758 bits per heavy atom. The molecule has 33 heavy (non-hydrogen) atoms. The molecule has 170 valence electrons. The fourth-order valence-electron chi connectivity index (χ4n) is 4.61. The minimum absolute atomic E-state index is 0.478. The molecule has 4 aromatic rings. The van der Waals surface area contributed by atoms with Gasteiger partial charge in [0.05, 0.1) is 12.0 Å². The van der Waals surface area contributed by atoms with Gasteiger partial charge in [0.15, 0.2) is 0 Å². The Morgan fingerprint density at radius 2 is 1.27 bits per heavy atom. The molecule has 0 bridgehead atoms. The van der Waals surface area contributed by atoms with E-state index in [1.807, 2.05) is 6.33 Å². The molecule has 4 rings (SSSR count). The Kier molecular flexibility index (Phi) is 7.74. The van der Waals surface area contributed by atoms with E-state index in [2.05, 4.69) is 121 Å². The number of imidazole rings is 1. The Labute approximate surface area is 198 Å². The zero-order valence-electron chi connectivity index (χ0n) is 19.8. The molecule has 0 aliphatic carbocycles. The summed E-state index contributed by atoms with van der Waals surface area (Å²) >= 11 is 0. The average Bonchev–Trinajstić information content (AvgIpc) is 3.33. The van der Waals surface area contributed by atoms with Gasteiger partial charge >= 0.3 is 0 Å². The number of rotatable bonds is 11. The van der Waals surface area contributed by atoms with E-state index >= 15 is 0 Å². The predicted octanol–water partition coefficient (Wildman–Crippen LogP) is 6.29. The molecule has 0 spiro atoms. The zero-order valence-corrected chi connectivity index (χ0v) is 19.8. The van der Waals surface area contributed by atoms with Crippen LogP contribution in [0.3, 0.4) is 0 Å². The molecule has 0 amide bonds. The van der Waals surface area contributed by atoms with Gasteiger partial charge in [-0.25, -0.2) is 4.98 Å². The lowest BCUT2D eigenvalue weighted by molar-refractivity contribution is 0.513. The van der Waals surface area contributed by atoms with Gasteiger partial charge in [0, 0.05) is 6.20 Å². The van der Waals surface area contributed by atoms with Crippen LogP contribution in [0, 0.1) is 5.92 Å². The van der Waals surface area contributed by atoms with Crippen molar-refractivity contribution in [2.24, 2.45) is 5.92 Å². The van der Waals surface area contributed by atoms with Gasteiger partial charge in [-0.2, -0.15) is 0 Å². The lowest BCUT2D eigenvalue weighted by atomic mass is 9.77. The summed E-state index contributed by atoms with van der Waals surface area (Å²) in [5, 5.41) is 3.54. The van der Waals surface area contributed by atoms with Crippen molar-refractivity contribution < 1.29 is 0 Å². The summed E-state index contributed by atoms with van der Waals surface area (Å²) in [7, 11) is 0. The highest BCUT2D eigenvalue weighted by Gasteiger charge is 2.38. The summed E-state index contributed by atoms with van der Waals surface area (Å²) in [6, 6.07) is 32.3. The van der Waals surface area contributed by atoms with Gasteiger partial charge in [-0.05, 0) is 55.0 Å². The Balaban J connectivity index is 1.68. The van der Waals surface area contributed by atoms with Crippen molar-refractivity contribution in [2.45, 2.75) is 38.6 Å². The van der Waals surface area contributed by atoms with Crippen LogP contribution in [0.15, 0.2) is 104 Å². The maximum absolute atomic E-state index is 4.85. The molecule has 1 heterocycles. The van der Waals surface area contributed by atoms with Crippen LogP contribution in [-0.4, -0.2) is 22.6 Å². The number of benzene rings is 3. The highest BCUT2D eigenvalue weighted by molar-refractivity contribution is 5.50. The Morgan fingerprint density at radius 3 is 1.76 bits per heavy atom. The van der Waals surface area contributed by atoms with Crippen LogP contribution in [0.25, 0.3) is 0 Å². The lowest BCUT2D eigenvalue weighted by Gasteiger charge is -2.37. The van der Waals surface area contributed by atoms with Crippen molar-refractivity contribution in [1.29, 1.82) is 0 Å². The first-order valence-corrected chi connectivity index (χ1v) is 12.1. The van der Waals surface area contributed by atoms with Crippen molar-refractivity contribution in [3.05, 3.63) is 126 Å². The summed E-state index contributed by atoms with van der Waals surface area (Å²) in [6.07, 6.45) is 7.55. The average molecular weight is 438 g/mol. The minimum Gasteiger partial charge on any atom is -0.319 e. The van der Waals surface area contributed by atoms with E-state index in [-0.39, 0.29) is 0 Å². The number of hydrogen-bond donors (Lipinski definition) is 1. The fourth-order valence-corrected chi connectivity index (χ4v) is 4.61. The van der Waals surface area contributed by atoms with Crippen molar-refractivity contribution in [3.8, 4) is 0 Å². The van der Waals surface area contributed by atoms with Crippen LogP contribution in [0.4, 0.5) is 0 Å². The van der Waals surface area contributed by atoms with Crippen LogP contribution in [0.5, 0.6) is 0 Å². The fraction of sp³-hybridized carbons (Fsp3) is 0.300. The summed E-state index contributed by atoms with van der Waals surface area (Å²) in [6.45, 7) is 6.65. The van der Waals surface area contributed by atoms with E-state index in [0.717, 1.165) is 31.6 Å². The number of hydrogen-bond acceptors (Lipinski definition) is 2. The molecular weight excluding hydrogens is 402 g/mol. The number of nitrogens with one attached hydrogen (secondary N) is 1. The molecule has 1 aromatic heterocycles. The Hall–Kier alpha value is -3.17. The molecule has 0 unspecified atom stereocenters. The molecule has 0 aliphatic heterocycles. The van der Waals surface area contributed by atoms with Crippen molar-refractivity contribution in [2.75, 3.05) is 13.1 Å². The monoisotopic (exact) mass is 437 g/mol. The predicted molar refractivity (Wildman–Crippen MR) is 137 cm³/mol. The largest absolute Gasteiger partial charge is 0.319 e. The van der Waals surface area contributed by atoms with E-state index in [0.29, 0.717) is 5.92 Å². The molecule has 1 N–H and O–H groups in total. The third-order valence-corrected chi connectivity index (χ3v) is 6.19. The standard InChI is InChI=1S/C30H35N3/c1-25(2)22-31-21-13-12-20-29-23-33(24-32-29)30(26-14-6-3-7-15-26,27-16-8-4-9-17-27)28-18-10-5-11-19-28/h3-11,14-19,23-25,31H,12-13,20-22H2,1-2H3. The smallest absolute Gasteiger partial charge is 0.121 e. The molecule has 3 aromatic carbocycles. The summed E-state index contributed by atoms with van der Waals surface area (Å²) < 4.78 is 2.30. The summed E-state index contributed by atoms with van der Waals surface area (Å²) in [5.41, 5.74) is 4.34. The van der Waals surface area contributed by atoms with Gasteiger partial charge in [-0.3, -0.25) is 0 Å². The normalized spacial score (nSPS) is 11.7. The molecular formula is C30H35N3. The maximum atomic E-state index is 4.85. The van der Waals surface area contributed by atoms with Crippen LogP contribution in [-0.2, 0) is 12.0 Å². The molecule has 0 aliphatic rings. The number of unbranched alkanes of at least 4 members (excludes halogenated alkanes) is 1. The van der Waals surface area contributed by atoms with E-state index in [1.165, 1.54) is 23.1 Å². The zero-order chi connectivity index (χ0) is 22.9. The summed E-state index contributed by atoms with van der Waals surface area (Å²) in [4.78, 5) is 4.85. The van der Waals surface area contributed by atoms with Crippen LogP contribution in [0.1, 0.15) is 49.1 Å². The van der Waals surface area contributed by atoms with Gasteiger partial charge in [0.1, 0.15) is 5.54 Å². The second-order valence-electron chi connectivity index (χ2n) is 9.14. The van der Waals surface area contributed by atoms with Gasteiger partial charge in [-0.1, -0.05) is 105 Å². The van der Waals surface area contributed by atoms with Gasteiger partial charge in [-0.15, -0.1) is 0 Å². The second kappa shape index (κ2) is 11.1. The van der Waals surface area contributed by atoms with Crippen molar-refractivity contribution >= 4 is 0 Å². The third kappa shape index (κ3) is 5.26. The van der Waals surface area contributed by atoms with Gasteiger partial charge in [0.2, 0.25) is 0 Å². The molecule has 0 saturated heterocycles. The second-order valence-corrected chi connectivity index (χ2v) is 9.14. The Bertz CT molecular complexity index is 988. The first-order chi connectivity index (χ1) is 16.2. The van der Waals surface area contributed by atoms with Crippen molar-refractivity contribution in [1.82, 2.24) is 14.9 Å². The SMILES string of the molecule is CC(C)CNCCCCc1cn(C(c2ccccc2)(c2ccccc2)c2ccccc2)cn1. The first-order valence-electron chi connectivity index (χ1n) is 12.1. The number of nitrogens with zero attached hydrogens (tertiary/aromatic N) is 2. The highest BCUT2D eigenvalue weighted by Crippen LogP contribution is 2.40. The molecule has 3 heteroatoms. The summed E-state index contributed by atoms with van der Waals surface area (Å²) in [5.74, 6) is 0.697. The van der Waals surface area contributed by atoms with Crippen molar-refractivity contribution in [3.63, 3.8) is 0 Å². The number of aromatic nitrogens is 2. The molecule has 0 radical (unpaired) electrons. The third-order valence-electron chi connectivity index (χ3n) is 6.19. The van der Waals surface area contributed by atoms with Crippen LogP contribution < -0.4 is 5.32 Å². The maximum Gasteiger partial charge on any atom is 0.121 e. The quantitative estimate of drug-likeness (QED) is 0.221. The van der Waals surface area contributed by atoms with E-state index in [4.69, 9.17) is 4.98 Å². The van der Waals surface area contributed by atoms with E-state index in [1.54, 1.807) is 0 Å². The van der Waals surface area contributed by atoms with E-state index < -0.39 is 5.54 Å². The molecule has 0 saturated carbocycles. The lowest BCUT2D eigenvalue weighted by Crippen LogP contribution is -2.36. The minimum atomic E-state index is -0.478. The molecule has 0 atom stereocenters. The van der Waals surface area contributed by atoms with Crippen LogP contribution in [0.2, 0.25) is 0 Å². The molecule has 0 fully saturated rings. The van der Waals surface area contributed by atoms with Gasteiger partial charge in [0.25, 0.3) is 0 Å². The number of aryl methyl sites for hydroxylation is 1. The highest BCUT2D eigenvalue weighted by atomic mass is 15.1. The van der Waals surface area contributed by atoms with Gasteiger partial charge < -0.3 is 9.88 Å². The molecule has 3 nitrogen and oxygen atoms in total. The van der Waals surface area contributed by atoms with Crippen LogP contribution >= 0.6 is 0 Å².